The average molecular weight is 416 g/mol. The Morgan fingerprint density at radius 1 is 1.10 bits per heavy atom. The van der Waals surface area contributed by atoms with Crippen LogP contribution in [0.3, 0.4) is 0 Å². The minimum atomic E-state index is -0.944. The van der Waals surface area contributed by atoms with Gasteiger partial charge in [0.2, 0.25) is 5.91 Å². The lowest BCUT2D eigenvalue weighted by Gasteiger charge is -2.27. The fourth-order valence-corrected chi connectivity index (χ4v) is 4.78. The van der Waals surface area contributed by atoms with Crippen LogP contribution in [-0.4, -0.2) is 30.1 Å². The maximum atomic E-state index is 12.9. The van der Waals surface area contributed by atoms with E-state index in [4.69, 9.17) is 4.74 Å². The number of carbonyl (C=O) groups is 3. The molecule has 1 aliphatic carbocycles. The van der Waals surface area contributed by atoms with Gasteiger partial charge in [-0.15, -0.1) is 11.3 Å². The molecule has 1 aliphatic rings. The summed E-state index contributed by atoms with van der Waals surface area (Å²) < 4.78 is 4.96. The molecule has 1 fully saturated rings. The number of aliphatic carboxylic acids is 1. The molecule has 1 amide bonds. The van der Waals surface area contributed by atoms with Crippen LogP contribution in [0.5, 0.6) is 0 Å². The van der Waals surface area contributed by atoms with Gasteiger partial charge < -0.3 is 15.2 Å². The quantitative estimate of drug-likeness (QED) is 0.694. The highest BCUT2D eigenvalue weighted by Crippen LogP contribution is 2.38. The summed E-state index contributed by atoms with van der Waals surface area (Å²) in [4.78, 5) is 36.9. The smallest absolute Gasteiger partial charge is 0.341 e. The normalized spacial score (nSPS) is 18.9. The fourth-order valence-electron chi connectivity index (χ4n) is 3.82. The third kappa shape index (κ3) is 4.34. The molecule has 29 heavy (non-hydrogen) atoms. The zero-order chi connectivity index (χ0) is 21.1. The van der Waals surface area contributed by atoms with Gasteiger partial charge in [0.05, 0.1) is 18.9 Å². The minimum absolute atomic E-state index is 0.303. The summed E-state index contributed by atoms with van der Waals surface area (Å²) >= 11 is 1.25. The molecule has 1 aromatic heterocycles. The topological polar surface area (TPSA) is 92.7 Å². The van der Waals surface area contributed by atoms with Gasteiger partial charge in [-0.25, -0.2) is 4.79 Å². The predicted octanol–water partition coefficient (Wildman–Crippen LogP) is 4.65. The Hall–Kier alpha value is -2.67. The van der Waals surface area contributed by atoms with Crippen molar-refractivity contribution < 1.29 is 24.2 Å². The first-order valence-electron chi connectivity index (χ1n) is 9.64. The van der Waals surface area contributed by atoms with E-state index in [2.05, 4.69) is 5.32 Å². The van der Waals surface area contributed by atoms with Gasteiger partial charge in [-0.2, -0.15) is 0 Å². The maximum Gasteiger partial charge on any atom is 0.341 e. The Morgan fingerprint density at radius 2 is 1.79 bits per heavy atom. The van der Waals surface area contributed by atoms with Crippen LogP contribution in [0.2, 0.25) is 0 Å². The highest BCUT2D eigenvalue weighted by molar-refractivity contribution is 7.15. The van der Waals surface area contributed by atoms with Gasteiger partial charge in [0.1, 0.15) is 10.6 Å². The van der Waals surface area contributed by atoms with Crippen LogP contribution < -0.4 is 5.32 Å². The Morgan fingerprint density at radius 3 is 2.41 bits per heavy atom. The molecule has 0 aliphatic heterocycles. The van der Waals surface area contributed by atoms with Crippen LogP contribution >= 0.6 is 11.3 Å². The third-order valence-electron chi connectivity index (χ3n) is 5.66. The molecule has 6 nitrogen and oxygen atoms in total. The number of amides is 1. The average Bonchev–Trinajstić information content (AvgIpc) is 3.12. The molecule has 154 valence electrons. The second-order valence-electron chi connectivity index (χ2n) is 7.47. The number of benzene rings is 1. The van der Waals surface area contributed by atoms with Crippen molar-refractivity contribution >= 4 is 34.2 Å². The third-order valence-corrected chi connectivity index (χ3v) is 6.55. The number of ether oxygens (including phenoxy) is 1. The van der Waals surface area contributed by atoms with E-state index in [0.717, 1.165) is 29.5 Å². The first kappa shape index (κ1) is 21.0. The molecule has 2 aromatic rings. The number of nitrogens with one attached hydrogen (secondary N) is 1. The largest absolute Gasteiger partial charge is 0.481 e. The molecular formula is C22H25NO5S. The SMILES string of the molecule is COC(=O)c1c(-c2ccc(C)c(C)c2)csc1NC(=O)[C@@H]1CCCC[C@H]1C(=O)O. The lowest BCUT2D eigenvalue weighted by Crippen LogP contribution is -2.36. The molecule has 0 radical (unpaired) electrons. The summed E-state index contributed by atoms with van der Waals surface area (Å²) in [7, 11) is 1.30. The predicted molar refractivity (Wildman–Crippen MR) is 112 cm³/mol. The second-order valence-corrected chi connectivity index (χ2v) is 8.35. The van der Waals surface area contributed by atoms with Crippen molar-refractivity contribution in [2.75, 3.05) is 12.4 Å². The van der Waals surface area contributed by atoms with Crippen molar-refractivity contribution in [3.05, 3.63) is 40.3 Å². The van der Waals surface area contributed by atoms with Crippen molar-refractivity contribution in [2.24, 2.45) is 11.8 Å². The van der Waals surface area contributed by atoms with E-state index in [1.807, 2.05) is 37.4 Å². The number of methoxy groups -OCH3 is 1. The number of carbonyl (C=O) groups excluding carboxylic acids is 2. The van der Waals surface area contributed by atoms with E-state index in [-0.39, 0.29) is 5.91 Å². The van der Waals surface area contributed by atoms with Crippen molar-refractivity contribution in [3.63, 3.8) is 0 Å². The Balaban J connectivity index is 1.94. The number of carboxylic acids is 1. The Bertz CT molecular complexity index is 949. The molecule has 0 unspecified atom stereocenters. The molecule has 0 spiro atoms. The van der Waals surface area contributed by atoms with Gasteiger partial charge in [-0.3, -0.25) is 9.59 Å². The molecular weight excluding hydrogens is 390 g/mol. The van der Waals surface area contributed by atoms with Gasteiger partial charge in [0, 0.05) is 10.9 Å². The van der Waals surface area contributed by atoms with E-state index in [9.17, 15) is 19.5 Å². The van der Waals surface area contributed by atoms with Gasteiger partial charge in [-0.05, 0) is 43.4 Å². The molecule has 3 rings (SSSR count). The molecule has 2 atom stereocenters. The zero-order valence-corrected chi connectivity index (χ0v) is 17.6. The standard InChI is InChI=1S/C22H25NO5S/c1-12-8-9-14(10-13(12)2)17-11-29-20(18(17)22(27)28-3)23-19(24)15-6-4-5-7-16(15)21(25)26/h8-11,15-16H,4-7H2,1-3H3,(H,23,24)(H,25,26)/t15-,16-/m1/s1. The number of anilines is 1. The van der Waals surface area contributed by atoms with E-state index in [1.54, 1.807) is 0 Å². The van der Waals surface area contributed by atoms with Crippen LogP contribution in [0, 0.1) is 25.7 Å². The number of hydrogen-bond acceptors (Lipinski definition) is 5. The number of aryl methyl sites for hydroxylation is 2. The molecule has 2 N–H and O–H groups in total. The summed E-state index contributed by atoms with van der Waals surface area (Å²) in [6.07, 6.45) is 2.66. The molecule has 0 saturated heterocycles. The van der Waals surface area contributed by atoms with E-state index in [1.165, 1.54) is 18.4 Å². The summed E-state index contributed by atoms with van der Waals surface area (Å²) in [5.41, 5.74) is 4.11. The van der Waals surface area contributed by atoms with Crippen LogP contribution in [0.15, 0.2) is 23.6 Å². The Labute approximate surface area is 173 Å². The second kappa shape index (κ2) is 8.78. The van der Waals surface area contributed by atoms with Crippen LogP contribution in [0.4, 0.5) is 5.00 Å². The first-order valence-corrected chi connectivity index (χ1v) is 10.5. The number of thiophene rings is 1. The summed E-state index contributed by atoms with van der Waals surface area (Å²) in [5.74, 6) is -3.12. The lowest BCUT2D eigenvalue weighted by molar-refractivity contribution is -0.147. The van der Waals surface area contributed by atoms with E-state index in [0.29, 0.717) is 29.0 Å². The summed E-state index contributed by atoms with van der Waals surface area (Å²) in [6.45, 7) is 4.02. The first-order chi connectivity index (χ1) is 13.8. The van der Waals surface area contributed by atoms with Crippen molar-refractivity contribution in [3.8, 4) is 11.1 Å². The molecule has 1 heterocycles. The van der Waals surface area contributed by atoms with Crippen LogP contribution in [-0.2, 0) is 14.3 Å². The minimum Gasteiger partial charge on any atom is -0.481 e. The monoisotopic (exact) mass is 415 g/mol. The summed E-state index contributed by atoms with van der Waals surface area (Å²) in [6, 6.07) is 5.92. The van der Waals surface area contributed by atoms with Crippen molar-refractivity contribution in [1.82, 2.24) is 0 Å². The molecule has 1 saturated carbocycles. The van der Waals surface area contributed by atoms with Gasteiger partial charge in [0.25, 0.3) is 0 Å². The highest BCUT2D eigenvalue weighted by atomic mass is 32.1. The Kier molecular flexibility index (Phi) is 6.37. The van der Waals surface area contributed by atoms with Crippen LogP contribution in [0.1, 0.15) is 47.2 Å². The lowest BCUT2D eigenvalue weighted by atomic mass is 9.79. The number of rotatable bonds is 5. The van der Waals surface area contributed by atoms with Gasteiger partial charge in [-0.1, -0.05) is 31.0 Å². The highest BCUT2D eigenvalue weighted by Gasteiger charge is 2.36. The van der Waals surface area contributed by atoms with Gasteiger partial charge in [0.15, 0.2) is 0 Å². The summed E-state index contributed by atoms with van der Waals surface area (Å²) in [5, 5.41) is 14.5. The molecule has 0 bridgehead atoms. The van der Waals surface area contributed by atoms with Gasteiger partial charge >= 0.3 is 11.9 Å². The van der Waals surface area contributed by atoms with Crippen molar-refractivity contribution in [2.45, 2.75) is 39.5 Å². The molecule has 1 aromatic carbocycles. The van der Waals surface area contributed by atoms with E-state index < -0.39 is 23.8 Å². The van der Waals surface area contributed by atoms with E-state index >= 15 is 0 Å². The molecule has 7 heteroatoms. The zero-order valence-electron chi connectivity index (χ0n) is 16.8. The fraction of sp³-hybridized carbons (Fsp3) is 0.409. The van der Waals surface area contributed by atoms with Crippen LogP contribution in [0.25, 0.3) is 11.1 Å². The number of hydrogen-bond donors (Lipinski definition) is 2. The number of carboxylic acid groups (broad SMARTS) is 1. The number of esters is 1. The van der Waals surface area contributed by atoms with Crippen molar-refractivity contribution in [1.29, 1.82) is 0 Å². The maximum absolute atomic E-state index is 12.9.